The molecule has 3 rings (SSSR count). The molecule has 0 bridgehead atoms. The molecule has 0 radical (unpaired) electrons. The van der Waals surface area contributed by atoms with Crippen LogP contribution in [-0.4, -0.2) is 25.1 Å². The van der Waals surface area contributed by atoms with Crippen molar-refractivity contribution in [1.29, 1.82) is 0 Å². The summed E-state index contributed by atoms with van der Waals surface area (Å²) in [6.45, 7) is 0. The lowest BCUT2D eigenvalue weighted by atomic mass is 10.1. The Kier molecular flexibility index (Phi) is 4.95. The minimum atomic E-state index is -3.23. The number of hydrogen-bond donors (Lipinski definition) is 0. The molecule has 0 unspecified atom stereocenters. The number of fused-ring (bicyclic) bond motifs is 1. The van der Waals surface area contributed by atoms with Crippen molar-refractivity contribution in [3.8, 4) is 0 Å². The van der Waals surface area contributed by atoms with Crippen molar-refractivity contribution in [2.75, 3.05) is 6.26 Å². The maximum atomic E-state index is 12.3. The van der Waals surface area contributed by atoms with Gasteiger partial charge in [-0.15, -0.1) is 0 Å². The van der Waals surface area contributed by atoms with Crippen LogP contribution in [0.25, 0.3) is 10.2 Å². The molecule has 0 aliphatic heterocycles. The molecule has 0 spiro atoms. The fourth-order valence-electron chi connectivity index (χ4n) is 2.39. The van der Waals surface area contributed by atoms with Crippen LogP contribution in [0.1, 0.15) is 5.56 Å². The van der Waals surface area contributed by atoms with Crippen LogP contribution in [0, 0.1) is 0 Å². The van der Waals surface area contributed by atoms with Crippen LogP contribution >= 0.6 is 27.3 Å². The molecular formula is C17H15BrN2O3S2. The van der Waals surface area contributed by atoms with Crippen LogP contribution < -0.4 is 4.80 Å². The van der Waals surface area contributed by atoms with Gasteiger partial charge in [0.05, 0.1) is 21.5 Å². The molecule has 0 saturated carbocycles. The van der Waals surface area contributed by atoms with E-state index < -0.39 is 9.84 Å². The molecule has 0 saturated heterocycles. The summed E-state index contributed by atoms with van der Waals surface area (Å²) in [4.78, 5) is 17.3. The van der Waals surface area contributed by atoms with E-state index in [1.54, 1.807) is 12.1 Å². The third-order valence-electron chi connectivity index (χ3n) is 3.70. The molecule has 0 atom stereocenters. The number of rotatable bonds is 3. The predicted molar refractivity (Wildman–Crippen MR) is 102 cm³/mol. The average Bonchev–Trinajstić information content (AvgIpc) is 2.82. The largest absolute Gasteiger partial charge is 0.319 e. The van der Waals surface area contributed by atoms with E-state index in [-0.39, 0.29) is 17.2 Å². The maximum Gasteiger partial charge on any atom is 0.252 e. The van der Waals surface area contributed by atoms with Gasteiger partial charge in [-0.25, -0.2) is 8.42 Å². The summed E-state index contributed by atoms with van der Waals surface area (Å²) in [5, 5.41) is 0. The normalized spacial score (nSPS) is 12.7. The number of aromatic nitrogens is 1. The van der Waals surface area contributed by atoms with Crippen LogP contribution in [0.15, 0.2) is 56.8 Å². The van der Waals surface area contributed by atoms with Crippen molar-refractivity contribution in [3.05, 3.63) is 57.3 Å². The van der Waals surface area contributed by atoms with Crippen LogP contribution in [0.4, 0.5) is 0 Å². The monoisotopic (exact) mass is 438 g/mol. The highest BCUT2D eigenvalue weighted by atomic mass is 79.9. The Hall–Kier alpha value is -1.77. The molecule has 1 amide bonds. The van der Waals surface area contributed by atoms with Gasteiger partial charge in [-0.2, -0.15) is 4.99 Å². The molecule has 5 nitrogen and oxygen atoms in total. The second-order valence-corrected chi connectivity index (χ2v) is 9.59. The molecule has 1 aromatic heterocycles. The lowest BCUT2D eigenvalue weighted by Crippen LogP contribution is -2.14. The topological polar surface area (TPSA) is 68.5 Å². The van der Waals surface area contributed by atoms with Crippen LogP contribution in [0.2, 0.25) is 0 Å². The summed E-state index contributed by atoms with van der Waals surface area (Å²) in [5.41, 5.74) is 1.74. The average molecular weight is 439 g/mol. The van der Waals surface area contributed by atoms with E-state index in [4.69, 9.17) is 0 Å². The summed E-state index contributed by atoms with van der Waals surface area (Å²) in [7, 11) is -1.36. The highest BCUT2D eigenvalue weighted by molar-refractivity contribution is 9.10. The van der Waals surface area contributed by atoms with Gasteiger partial charge in [0.2, 0.25) is 0 Å². The van der Waals surface area contributed by atoms with Gasteiger partial charge in [0.1, 0.15) is 0 Å². The Bertz CT molecular complexity index is 1130. The highest BCUT2D eigenvalue weighted by Gasteiger charge is 2.09. The summed E-state index contributed by atoms with van der Waals surface area (Å²) in [5.74, 6) is -0.270. The molecule has 0 aliphatic carbocycles. The molecule has 25 heavy (non-hydrogen) atoms. The van der Waals surface area contributed by atoms with Crippen molar-refractivity contribution >= 4 is 53.2 Å². The zero-order valence-corrected chi connectivity index (χ0v) is 16.8. The van der Waals surface area contributed by atoms with Gasteiger partial charge >= 0.3 is 0 Å². The molecule has 0 N–H and O–H groups in total. The first-order chi connectivity index (χ1) is 11.7. The number of carbonyl (C=O) groups is 1. The smallest absolute Gasteiger partial charge is 0.252 e. The van der Waals surface area contributed by atoms with E-state index in [0.29, 0.717) is 4.80 Å². The van der Waals surface area contributed by atoms with Crippen LogP contribution in [0.3, 0.4) is 0 Å². The number of nitrogens with zero attached hydrogens (tertiary/aromatic N) is 2. The van der Waals surface area contributed by atoms with E-state index in [2.05, 4.69) is 20.9 Å². The fraction of sp³-hybridized carbons (Fsp3) is 0.176. The number of benzene rings is 2. The molecule has 8 heteroatoms. The minimum absolute atomic E-state index is 0.127. The van der Waals surface area contributed by atoms with Crippen LogP contribution in [-0.2, 0) is 28.1 Å². The van der Waals surface area contributed by atoms with E-state index in [1.165, 1.54) is 23.5 Å². The Labute approximate surface area is 157 Å². The van der Waals surface area contributed by atoms with E-state index >= 15 is 0 Å². The first kappa shape index (κ1) is 18.0. The van der Waals surface area contributed by atoms with Gasteiger partial charge in [-0.1, -0.05) is 39.4 Å². The molecule has 2 aromatic carbocycles. The van der Waals surface area contributed by atoms with Gasteiger partial charge in [0.15, 0.2) is 14.6 Å². The van der Waals surface area contributed by atoms with Gasteiger partial charge in [0, 0.05) is 17.8 Å². The minimum Gasteiger partial charge on any atom is -0.319 e. The van der Waals surface area contributed by atoms with Crippen molar-refractivity contribution in [2.45, 2.75) is 11.3 Å². The van der Waals surface area contributed by atoms with Gasteiger partial charge in [0.25, 0.3) is 5.91 Å². The second-order valence-electron chi connectivity index (χ2n) is 5.65. The first-order valence-corrected chi connectivity index (χ1v) is 10.9. The maximum absolute atomic E-state index is 12.3. The number of thiazole rings is 1. The first-order valence-electron chi connectivity index (χ1n) is 7.36. The van der Waals surface area contributed by atoms with Crippen LogP contribution in [0.5, 0.6) is 0 Å². The quantitative estimate of drug-likeness (QED) is 0.630. The third kappa shape index (κ3) is 4.08. The predicted octanol–water partition coefficient (Wildman–Crippen LogP) is 3.08. The van der Waals surface area contributed by atoms with E-state index in [1.807, 2.05) is 29.8 Å². The number of carbonyl (C=O) groups excluding carboxylic acids is 1. The van der Waals surface area contributed by atoms with Gasteiger partial charge in [-0.05, 0) is 35.9 Å². The Balaban J connectivity index is 1.87. The molecule has 0 fully saturated rings. The third-order valence-corrected chi connectivity index (χ3v) is 6.41. The summed E-state index contributed by atoms with van der Waals surface area (Å²) in [6.07, 6.45) is 1.28. The van der Waals surface area contributed by atoms with Crippen molar-refractivity contribution < 1.29 is 13.2 Å². The zero-order chi connectivity index (χ0) is 18.2. The standard InChI is InChI=1S/C17H15BrN2O3S2/c1-20-14-8-5-12(18)10-15(14)24-17(20)19-16(21)9-11-3-6-13(7-4-11)25(2,22)23/h3-8,10H,9H2,1-2H3. The summed E-state index contributed by atoms with van der Waals surface area (Å²) in [6, 6.07) is 12.2. The number of halogens is 1. The molecule has 130 valence electrons. The van der Waals surface area contributed by atoms with E-state index in [0.717, 1.165) is 26.5 Å². The number of hydrogen-bond acceptors (Lipinski definition) is 4. The second kappa shape index (κ2) is 6.86. The lowest BCUT2D eigenvalue weighted by molar-refractivity contribution is -0.117. The summed E-state index contributed by atoms with van der Waals surface area (Å²) >= 11 is 4.89. The molecule has 3 aromatic rings. The number of sulfone groups is 1. The highest BCUT2D eigenvalue weighted by Crippen LogP contribution is 2.21. The van der Waals surface area contributed by atoms with E-state index in [9.17, 15) is 13.2 Å². The lowest BCUT2D eigenvalue weighted by Gasteiger charge is -2.00. The summed E-state index contributed by atoms with van der Waals surface area (Å²) < 4.78 is 26.8. The van der Waals surface area contributed by atoms with Crippen molar-refractivity contribution in [2.24, 2.45) is 12.0 Å². The SMILES string of the molecule is Cn1c(=NC(=O)Cc2ccc(S(C)(=O)=O)cc2)sc2cc(Br)ccc21. The van der Waals surface area contributed by atoms with Gasteiger partial charge < -0.3 is 4.57 Å². The fourth-order valence-corrected chi connectivity index (χ4v) is 4.61. The Morgan fingerprint density at radius 3 is 2.52 bits per heavy atom. The van der Waals surface area contributed by atoms with Crippen molar-refractivity contribution in [1.82, 2.24) is 4.57 Å². The molecular weight excluding hydrogens is 424 g/mol. The Morgan fingerprint density at radius 2 is 1.88 bits per heavy atom. The number of aryl methyl sites for hydroxylation is 1. The molecule has 0 aliphatic rings. The molecule has 1 heterocycles. The number of amides is 1. The zero-order valence-electron chi connectivity index (χ0n) is 13.6. The Morgan fingerprint density at radius 1 is 1.20 bits per heavy atom. The van der Waals surface area contributed by atoms with Crippen molar-refractivity contribution in [3.63, 3.8) is 0 Å². The van der Waals surface area contributed by atoms with Gasteiger partial charge in [-0.3, -0.25) is 4.79 Å².